The van der Waals surface area contributed by atoms with Crippen LogP contribution in [0.3, 0.4) is 0 Å². The third-order valence-electron chi connectivity index (χ3n) is 6.99. The fraction of sp³-hybridized carbons (Fsp3) is 0.265. The maximum atomic E-state index is 12.8. The van der Waals surface area contributed by atoms with Crippen LogP contribution in [0.2, 0.25) is 5.15 Å². The SMILES string of the molecule is CCCSc1nc(Cl)c2n[nH]nc2n1.C[C@@H]1O[C@H](COC(=O)c2ccccc2)[C@@H](OC(=O)c2ccccc2)[C@H]1OC(=O)c1ccccc1. The summed E-state index contributed by atoms with van der Waals surface area (Å²) < 4.78 is 22.8. The molecular weight excluding hydrogens is 658 g/mol. The van der Waals surface area contributed by atoms with Crippen LogP contribution in [0, 0.1) is 0 Å². The van der Waals surface area contributed by atoms with Gasteiger partial charge in [-0.1, -0.05) is 84.9 Å². The minimum atomic E-state index is -0.973. The number of thioether (sulfide) groups is 1. The van der Waals surface area contributed by atoms with Crippen molar-refractivity contribution in [1.82, 2.24) is 25.4 Å². The summed E-state index contributed by atoms with van der Waals surface area (Å²) in [5, 5.41) is 11.2. The average molecular weight is 690 g/mol. The van der Waals surface area contributed by atoms with Crippen molar-refractivity contribution in [3.63, 3.8) is 0 Å². The topological polar surface area (TPSA) is 155 Å². The van der Waals surface area contributed by atoms with Crippen LogP contribution in [-0.4, -0.2) is 80.1 Å². The summed E-state index contributed by atoms with van der Waals surface area (Å²) in [4.78, 5) is 46.2. The minimum Gasteiger partial charge on any atom is -0.459 e. The number of H-pyrrole nitrogens is 1. The first-order valence-corrected chi connectivity index (χ1v) is 16.5. The number of halogens is 1. The standard InChI is InChI=1S/C27H24O7.C7H8ClN5S/c1-18-23(33-26(29)20-13-7-3-8-14-20)24(34-27(30)21-15-9-4-10-16-21)22(32-18)17-31-25(28)19-11-5-2-6-12-19;1-2-3-14-7-9-5(8)4-6(10-7)12-13-11-4/h2-16,18,22-24H,17H2,1H3;2-3H2,1H3,(H,9,10,11,12,13)/t18-,22+,23-,24+;/m0./s1. The normalized spacial score (nSPS) is 18.4. The Morgan fingerprint density at radius 2 is 1.33 bits per heavy atom. The first-order valence-electron chi connectivity index (χ1n) is 15.1. The molecule has 1 aliphatic heterocycles. The zero-order valence-corrected chi connectivity index (χ0v) is 27.6. The fourth-order valence-electron chi connectivity index (χ4n) is 4.65. The van der Waals surface area contributed by atoms with Crippen molar-refractivity contribution in [2.45, 2.75) is 49.8 Å². The lowest BCUT2D eigenvalue weighted by molar-refractivity contribution is -0.0442. The highest BCUT2D eigenvalue weighted by Gasteiger charge is 2.48. The molecule has 2 aromatic heterocycles. The molecule has 1 saturated heterocycles. The lowest BCUT2D eigenvalue weighted by Crippen LogP contribution is -2.41. The van der Waals surface area contributed by atoms with E-state index in [0.717, 1.165) is 12.2 Å². The van der Waals surface area contributed by atoms with E-state index in [-0.39, 0.29) is 6.61 Å². The Balaban J connectivity index is 0.000000267. The molecule has 5 aromatic rings. The number of esters is 3. The molecule has 248 valence electrons. The molecule has 6 rings (SSSR count). The Kier molecular flexibility index (Phi) is 12.1. The highest BCUT2D eigenvalue weighted by molar-refractivity contribution is 7.99. The van der Waals surface area contributed by atoms with Crippen molar-refractivity contribution >= 4 is 52.4 Å². The first kappa shape index (κ1) is 34.5. The second-order valence-corrected chi connectivity index (χ2v) is 11.9. The van der Waals surface area contributed by atoms with E-state index in [2.05, 4.69) is 32.3 Å². The van der Waals surface area contributed by atoms with Gasteiger partial charge in [-0.3, -0.25) is 0 Å². The van der Waals surface area contributed by atoms with Crippen LogP contribution >= 0.6 is 23.4 Å². The summed E-state index contributed by atoms with van der Waals surface area (Å²) in [5.74, 6) is -0.721. The number of carbonyl (C=O) groups is 3. The van der Waals surface area contributed by atoms with Gasteiger partial charge in [0.15, 0.2) is 28.0 Å². The molecule has 12 nitrogen and oxygen atoms in total. The summed E-state index contributed by atoms with van der Waals surface area (Å²) in [6.07, 6.45) is -2.20. The molecule has 4 atom stereocenters. The third-order valence-corrected chi connectivity index (χ3v) is 8.31. The second kappa shape index (κ2) is 16.8. The fourth-order valence-corrected chi connectivity index (χ4v) is 5.60. The van der Waals surface area contributed by atoms with Gasteiger partial charge in [0.1, 0.15) is 12.7 Å². The van der Waals surface area contributed by atoms with Crippen molar-refractivity contribution < 1.29 is 33.3 Å². The van der Waals surface area contributed by atoms with Gasteiger partial charge in [0.05, 0.1) is 22.8 Å². The zero-order valence-electron chi connectivity index (χ0n) is 26.0. The molecule has 0 unspecified atom stereocenters. The molecule has 0 bridgehead atoms. The number of nitrogens with one attached hydrogen (secondary N) is 1. The number of rotatable bonds is 10. The largest absolute Gasteiger partial charge is 0.459 e. The van der Waals surface area contributed by atoms with Crippen LogP contribution in [-0.2, 0) is 18.9 Å². The Labute approximate surface area is 285 Å². The van der Waals surface area contributed by atoms with E-state index in [9.17, 15) is 14.4 Å². The molecule has 14 heteroatoms. The summed E-state index contributed by atoms with van der Waals surface area (Å²) in [6.45, 7) is 3.64. The molecule has 1 N–H and O–H groups in total. The number of nitrogens with zero attached hydrogens (tertiary/aromatic N) is 4. The highest BCUT2D eigenvalue weighted by atomic mass is 35.5. The third kappa shape index (κ3) is 8.94. The predicted octanol–water partition coefficient (Wildman–Crippen LogP) is 5.99. The van der Waals surface area contributed by atoms with E-state index in [0.29, 0.717) is 38.2 Å². The number of carbonyl (C=O) groups excluding carboxylic acids is 3. The smallest absolute Gasteiger partial charge is 0.338 e. The maximum absolute atomic E-state index is 12.8. The van der Waals surface area contributed by atoms with Gasteiger partial charge in [0, 0.05) is 5.75 Å². The zero-order chi connectivity index (χ0) is 33.9. The molecular formula is C34H32ClN5O7S. The number of fused-ring (bicyclic) bond motifs is 1. The Morgan fingerprint density at radius 3 is 1.90 bits per heavy atom. The molecule has 1 fully saturated rings. The summed E-state index contributed by atoms with van der Waals surface area (Å²) in [7, 11) is 0. The van der Waals surface area contributed by atoms with E-state index in [4.69, 9.17) is 30.5 Å². The van der Waals surface area contributed by atoms with Crippen LogP contribution in [0.25, 0.3) is 11.2 Å². The Morgan fingerprint density at radius 1 is 0.792 bits per heavy atom. The highest BCUT2D eigenvalue weighted by Crippen LogP contribution is 2.29. The molecule has 0 spiro atoms. The van der Waals surface area contributed by atoms with Crippen molar-refractivity contribution in [3.8, 4) is 0 Å². The number of aromatic amines is 1. The molecule has 3 heterocycles. The maximum Gasteiger partial charge on any atom is 0.338 e. The molecule has 0 amide bonds. The van der Waals surface area contributed by atoms with Gasteiger partial charge in [0.2, 0.25) is 5.65 Å². The van der Waals surface area contributed by atoms with E-state index >= 15 is 0 Å². The molecule has 0 saturated carbocycles. The lowest BCUT2D eigenvalue weighted by atomic mass is 10.1. The molecule has 3 aromatic carbocycles. The van der Waals surface area contributed by atoms with Gasteiger partial charge in [-0.15, -0.1) is 5.10 Å². The van der Waals surface area contributed by atoms with Gasteiger partial charge < -0.3 is 18.9 Å². The number of benzene rings is 3. The summed E-state index contributed by atoms with van der Waals surface area (Å²) in [5.41, 5.74) is 2.13. The molecule has 0 radical (unpaired) electrons. The van der Waals surface area contributed by atoms with E-state index in [1.165, 1.54) is 0 Å². The van der Waals surface area contributed by atoms with Gasteiger partial charge >= 0.3 is 17.9 Å². The molecule has 1 aliphatic rings. The van der Waals surface area contributed by atoms with Gasteiger partial charge in [-0.05, 0) is 49.7 Å². The van der Waals surface area contributed by atoms with Gasteiger partial charge in [0.25, 0.3) is 0 Å². The Hall–Kier alpha value is -4.85. The van der Waals surface area contributed by atoms with E-state index in [1.54, 1.807) is 110 Å². The summed E-state index contributed by atoms with van der Waals surface area (Å²) >= 11 is 7.46. The van der Waals surface area contributed by atoms with Crippen molar-refractivity contribution in [2.75, 3.05) is 12.4 Å². The predicted molar refractivity (Wildman–Crippen MR) is 178 cm³/mol. The number of ether oxygens (including phenoxy) is 4. The average Bonchev–Trinajstić information content (AvgIpc) is 3.72. The number of aromatic nitrogens is 5. The molecule has 0 aliphatic carbocycles. The monoisotopic (exact) mass is 689 g/mol. The first-order chi connectivity index (χ1) is 23.3. The van der Waals surface area contributed by atoms with Crippen LogP contribution < -0.4 is 0 Å². The second-order valence-electron chi connectivity index (χ2n) is 10.5. The summed E-state index contributed by atoms with van der Waals surface area (Å²) in [6, 6.07) is 25.5. The van der Waals surface area contributed by atoms with Crippen molar-refractivity contribution in [1.29, 1.82) is 0 Å². The van der Waals surface area contributed by atoms with Gasteiger partial charge in [-0.2, -0.15) is 15.3 Å². The Bertz CT molecular complexity index is 1810. The van der Waals surface area contributed by atoms with Crippen molar-refractivity contribution in [3.05, 3.63) is 113 Å². The quantitative estimate of drug-likeness (QED) is 0.0602. The lowest BCUT2D eigenvalue weighted by Gasteiger charge is -2.24. The van der Waals surface area contributed by atoms with Crippen LogP contribution in [0.4, 0.5) is 0 Å². The number of hydrogen-bond donors (Lipinski definition) is 1. The van der Waals surface area contributed by atoms with Crippen LogP contribution in [0.1, 0.15) is 51.3 Å². The number of hydrogen-bond acceptors (Lipinski definition) is 12. The van der Waals surface area contributed by atoms with Crippen LogP contribution in [0.15, 0.2) is 96.2 Å². The van der Waals surface area contributed by atoms with Gasteiger partial charge in [-0.25, -0.2) is 19.4 Å². The van der Waals surface area contributed by atoms with E-state index < -0.39 is 42.3 Å². The molecule has 48 heavy (non-hydrogen) atoms. The minimum absolute atomic E-state index is 0.176. The van der Waals surface area contributed by atoms with E-state index in [1.807, 2.05) is 0 Å². The van der Waals surface area contributed by atoms with Crippen molar-refractivity contribution in [2.24, 2.45) is 0 Å². The van der Waals surface area contributed by atoms with Crippen LogP contribution in [0.5, 0.6) is 0 Å².